The summed E-state index contributed by atoms with van der Waals surface area (Å²) in [5.74, 6) is 0.818. The maximum Gasteiger partial charge on any atom is 0.287 e. The topological polar surface area (TPSA) is 69.3 Å². The summed E-state index contributed by atoms with van der Waals surface area (Å²) in [7, 11) is 0. The van der Waals surface area contributed by atoms with Crippen molar-refractivity contribution in [3.63, 3.8) is 0 Å². The van der Waals surface area contributed by atoms with Crippen molar-refractivity contribution < 1.29 is 13.9 Å². The van der Waals surface area contributed by atoms with Crippen molar-refractivity contribution in [2.75, 3.05) is 5.32 Å². The number of hydrogen-bond donors (Lipinski definition) is 1. The van der Waals surface area contributed by atoms with Gasteiger partial charge in [-0.1, -0.05) is 24.3 Å². The first kappa shape index (κ1) is 18.8. The molecular weight excluding hydrogens is 362 g/mol. The first-order chi connectivity index (χ1) is 12.9. The van der Waals surface area contributed by atoms with Crippen LogP contribution in [0.2, 0.25) is 0 Å². The van der Waals surface area contributed by atoms with Gasteiger partial charge in [-0.15, -0.1) is 5.10 Å². The molecule has 3 aromatic rings. The normalized spacial score (nSPS) is 10.6. The molecule has 1 N–H and O–H groups in total. The van der Waals surface area contributed by atoms with Crippen LogP contribution in [0.25, 0.3) is 0 Å². The van der Waals surface area contributed by atoms with E-state index in [-0.39, 0.29) is 23.9 Å². The summed E-state index contributed by atoms with van der Waals surface area (Å²) in [4.78, 5) is 12.5. The number of benzene rings is 2. The van der Waals surface area contributed by atoms with Gasteiger partial charge in [-0.05, 0) is 67.9 Å². The average Bonchev–Trinajstić information content (AvgIpc) is 2.97. The molecule has 0 aliphatic heterocycles. The molecule has 0 atom stereocenters. The van der Waals surface area contributed by atoms with Gasteiger partial charge in [0.15, 0.2) is 6.61 Å². The van der Waals surface area contributed by atoms with Gasteiger partial charge in [-0.3, -0.25) is 4.79 Å². The van der Waals surface area contributed by atoms with Gasteiger partial charge in [0.05, 0.1) is 0 Å². The molecule has 0 radical (unpaired) electrons. The van der Waals surface area contributed by atoms with Gasteiger partial charge in [0.25, 0.3) is 10.7 Å². The lowest BCUT2D eigenvalue weighted by molar-refractivity contribution is -0.117. The summed E-state index contributed by atoms with van der Waals surface area (Å²) < 4.78 is 12.4. The number of anilines is 1. The van der Waals surface area contributed by atoms with Crippen LogP contribution < -0.4 is 10.1 Å². The molecule has 0 spiro atoms. The summed E-state index contributed by atoms with van der Waals surface area (Å²) in [6.07, 6.45) is 0. The molecule has 0 saturated carbocycles. The van der Waals surface area contributed by atoms with E-state index in [4.69, 9.17) is 21.4 Å². The highest BCUT2D eigenvalue weighted by Crippen LogP contribution is 2.18. The van der Waals surface area contributed by atoms with Crippen LogP contribution in [0.3, 0.4) is 0 Å². The molecule has 0 fully saturated rings. The standard InChI is InChI=1S/C20H21N3O3S/c1-13-6-4-8-16(10-13)25-12-19-22-23(20(27)26-19)11-18(24)21-17-9-5-7-14(2)15(17)3/h4-10H,11-12H2,1-3H3,(H,21,24). The minimum Gasteiger partial charge on any atom is -0.484 e. The number of rotatable bonds is 6. The summed E-state index contributed by atoms with van der Waals surface area (Å²) in [5.41, 5.74) is 4.02. The van der Waals surface area contributed by atoms with Gasteiger partial charge in [0, 0.05) is 5.69 Å². The highest BCUT2D eigenvalue weighted by molar-refractivity contribution is 7.71. The average molecular weight is 383 g/mol. The third-order valence-electron chi connectivity index (χ3n) is 4.17. The molecule has 1 amide bonds. The van der Waals surface area contributed by atoms with E-state index in [0.29, 0.717) is 5.89 Å². The van der Waals surface area contributed by atoms with E-state index in [9.17, 15) is 4.79 Å². The van der Waals surface area contributed by atoms with Crippen LogP contribution >= 0.6 is 12.2 Å². The molecule has 0 aliphatic rings. The number of nitrogens with zero attached hydrogens (tertiary/aromatic N) is 2. The largest absolute Gasteiger partial charge is 0.484 e. The molecule has 0 aliphatic carbocycles. The Labute approximate surface area is 162 Å². The molecule has 0 unspecified atom stereocenters. The molecule has 2 aromatic carbocycles. The molecule has 27 heavy (non-hydrogen) atoms. The van der Waals surface area contributed by atoms with E-state index in [2.05, 4.69) is 10.4 Å². The fourth-order valence-electron chi connectivity index (χ4n) is 2.57. The lowest BCUT2D eigenvalue weighted by atomic mass is 10.1. The van der Waals surface area contributed by atoms with Gasteiger partial charge in [-0.25, -0.2) is 4.68 Å². The van der Waals surface area contributed by atoms with Gasteiger partial charge in [0.1, 0.15) is 12.3 Å². The number of carbonyl (C=O) groups excluding carboxylic acids is 1. The van der Waals surface area contributed by atoms with E-state index in [1.165, 1.54) is 4.68 Å². The Hall–Kier alpha value is -2.93. The molecule has 0 saturated heterocycles. The Morgan fingerprint density at radius 1 is 1.22 bits per heavy atom. The van der Waals surface area contributed by atoms with Crippen molar-refractivity contribution in [3.8, 4) is 5.75 Å². The Morgan fingerprint density at radius 3 is 2.78 bits per heavy atom. The Balaban J connectivity index is 1.63. The number of aryl methyl sites for hydroxylation is 2. The Morgan fingerprint density at radius 2 is 2.00 bits per heavy atom. The highest BCUT2D eigenvalue weighted by atomic mass is 32.1. The summed E-state index contributed by atoms with van der Waals surface area (Å²) in [5, 5.41) is 7.11. The lowest BCUT2D eigenvalue weighted by Crippen LogP contribution is -2.20. The second-order valence-corrected chi connectivity index (χ2v) is 6.67. The van der Waals surface area contributed by atoms with Crippen molar-refractivity contribution in [1.82, 2.24) is 9.78 Å². The van der Waals surface area contributed by atoms with E-state index >= 15 is 0 Å². The molecule has 6 nitrogen and oxygen atoms in total. The van der Waals surface area contributed by atoms with Crippen LogP contribution in [0.5, 0.6) is 5.75 Å². The van der Waals surface area contributed by atoms with Crippen LogP contribution in [0.15, 0.2) is 46.9 Å². The number of hydrogen-bond acceptors (Lipinski definition) is 5. The van der Waals surface area contributed by atoms with Crippen LogP contribution in [0, 0.1) is 25.6 Å². The number of carbonyl (C=O) groups is 1. The summed E-state index contributed by atoms with van der Waals surface area (Å²) in [6, 6.07) is 13.4. The van der Waals surface area contributed by atoms with Crippen LogP contribution in [-0.2, 0) is 17.9 Å². The third kappa shape index (κ3) is 4.83. The molecular formula is C20H21N3O3S. The van der Waals surface area contributed by atoms with Crippen molar-refractivity contribution in [3.05, 3.63) is 69.9 Å². The number of ether oxygens (including phenoxy) is 1. The van der Waals surface area contributed by atoms with E-state index < -0.39 is 0 Å². The number of aromatic nitrogens is 2. The maximum atomic E-state index is 12.3. The molecule has 1 heterocycles. The second kappa shape index (κ2) is 8.18. The first-order valence-corrected chi connectivity index (χ1v) is 8.95. The zero-order valence-corrected chi connectivity index (χ0v) is 16.3. The maximum absolute atomic E-state index is 12.3. The van der Waals surface area contributed by atoms with Crippen LogP contribution in [-0.4, -0.2) is 15.7 Å². The first-order valence-electron chi connectivity index (χ1n) is 8.55. The quantitative estimate of drug-likeness (QED) is 0.641. The van der Waals surface area contributed by atoms with Crippen LogP contribution in [0.4, 0.5) is 5.69 Å². The monoisotopic (exact) mass is 383 g/mol. The van der Waals surface area contributed by atoms with E-state index in [0.717, 1.165) is 28.1 Å². The molecule has 140 valence electrons. The van der Waals surface area contributed by atoms with Crippen molar-refractivity contribution in [2.45, 2.75) is 33.9 Å². The van der Waals surface area contributed by atoms with Gasteiger partial charge < -0.3 is 14.5 Å². The minimum absolute atomic E-state index is 0.0276. The summed E-state index contributed by atoms with van der Waals surface area (Å²) in [6.45, 7) is 6.06. The molecule has 0 bridgehead atoms. The van der Waals surface area contributed by atoms with Crippen molar-refractivity contribution >= 4 is 23.8 Å². The van der Waals surface area contributed by atoms with Crippen LogP contribution in [0.1, 0.15) is 22.6 Å². The fraction of sp³-hybridized carbons (Fsp3) is 0.250. The molecule has 1 aromatic heterocycles. The summed E-state index contributed by atoms with van der Waals surface area (Å²) >= 11 is 5.15. The number of amides is 1. The van der Waals surface area contributed by atoms with Crippen molar-refractivity contribution in [1.29, 1.82) is 0 Å². The fourth-order valence-corrected chi connectivity index (χ4v) is 2.77. The van der Waals surface area contributed by atoms with E-state index in [1.54, 1.807) is 0 Å². The van der Waals surface area contributed by atoms with Crippen molar-refractivity contribution in [2.24, 2.45) is 0 Å². The predicted molar refractivity (Wildman–Crippen MR) is 105 cm³/mol. The van der Waals surface area contributed by atoms with E-state index in [1.807, 2.05) is 63.2 Å². The Kier molecular flexibility index (Phi) is 5.71. The SMILES string of the molecule is Cc1cccc(OCc2nn(CC(=O)Nc3cccc(C)c3C)c(=S)o2)c1. The molecule has 3 rings (SSSR count). The zero-order valence-electron chi connectivity index (χ0n) is 15.5. The Bertz CT molecular complexity index is 1020. The lowest BCUT2D eigenvalue weighted by Gasteiger charge is -2.10. The highest BCUT2D eigenvalue weighted by Gasteiger charge is 2.12. The number of nitrogens with one attached hydrogen (secondary N) is 1. The zero-order chi connectivity index (χ0) is 19.4. The minimum atomic E-state index is -0.223. The smallest absolute Gasteiger partial charge is 0.287 e. The third-order valence-corrected chi connectivity index (χ3v) is 4.47. The van der Waals surface area contributed by atoms with Gasteiger partial charge >= 0.3 is 0 Å². The van der Waals surface area contributed by atoms with Gasteiger partial charge in [-0.2, -0.15) is 0 Å². The van der Waals surface area contributed by atoms with Gasteiger partial charge in [0.2, 0.25) is 5.91 Å². The molecule has 7 heteroatoms. The predicted octanol–water partition coefficient (Wildman–Crippen LogP) is 4.35. The second-order valence-electron chi connectivity index (χ2n) is 6.32.